The summed E-state index contributed by atoms with van der Waals surface area (Å²) < 4.78 is 74.0. The van der Waals surface area contributed by atoms with E-state index in [9.17, 15) is 26.7 Å². The summed E-state index contributed by atoms with van der Waals surface area (Å²) in [6.07, 6.45) is -2.65. The summed E-state index contributed by atoms with van der Waals surface area (Å²) >= 11 is 0. The molecule has 1 atom stereocenters. The maximum absolute atomic E-state index is 14.0. The van der Waals surface area contributed by atoms with Crippen LogP contribution in [0.5, 0.6) is 5.75 Å². The first kappa shape index (κ1) is 23.2. The van der Waals surface area contributed by atoms with Crippen LogP contribution in [0.25, 0.3) is 5.65 Å². The van der Waals surface area contributed by atoms with Crippen LogP contribution in [0.3, 0.4) is 0 Å². The maximum Gasteiger partial charge on any atom is 0.393 e. The van der Waals surface area contributed by atoms with Gasteiger partial charge in [-0.05, 0) is 50.6 Å². The summed E-state index contributed by atoms with van der Waals surface area (Å²) in [5.74, 6) is -3.04. The Kier molecular flexibility index (Phi) is 6.13. The normalized spacial score (nSPS) is 17.1. The van der Waals surface area contributed by atoms with Gasteiger partial charge in [-0.25, -0.2) is 13.8 Å². The van der Waals surface area contributed by atoms with Gasteiger partial charge in [0.1, 0.15) is 23.9 Å². The van der Waals surface area contributed by atoms with E-state index in [0.29, 0.717) is 11.3 Å². The number of carbonyl (C=O) groups is 1. The summed E-state index contributed by atoms with van der Waals surface area (Å²) in [4.78, 5) is 18.9. The maximum atomic E-state index is 14.0. The van der Waals surface area contributed by atoms with Crippen molar-refractivity contribution in [3.63, 3.8) is 0 Å². The summed E-state index contributed by atoms with van der Waals surface area (Å²) in [7, 11) is 0. The van der Waals surface area contributed by atoms with Crippen LogP contribution < -0.4 is 4.74 Å². The van der Waals surface area contributed by atoms with Crippen LogP contribution in [0, 0.1) is 31.4 Å². The SMILES string of the molecule is Cc1cc(OCc2c(F)cccc2F)c2nc(C)c(C(=O)CN3CCC(C(F)(F)F)C3)n2c1. The molecule has 176 valence electrons. The monoisotopic (exact) mass is 467 g/mol. The van der Waals surface area contributed by atoms with E-state index in [1.807, 2.05) is 0 Å². The first-order valence-corrected chi connectivity index (χ1v) is 10.4. The van der Waals surface area contributed by atoms with Crippen molar-refractivity contribution in [3.8, 4) is 5.75 Å². The second-order valence-corrected chi connectivity index (χ2v) is 8.30. The number of ketones is 1. The number of Topliss-reactive ketones (excluding diaryl/α,β-unsaturated/α-hetero) is 1. The van der Waals surface area contributed by atoms with E-state index in [1.54, 1.807) is 26.1 Å². The molecule has 0 aliphatic carbocycles. The zero-order valence-corrected chi connectivity index (χ0v) is 18.0. The molecule has 3 heterocycles. The van der Waals surface area contributed by atoms with E-state index < -0.39 is 23.7 Å². The molecule has 0 saturated carbocycles. The van der Waals surface area contributed by atoms with Gasteiger partial charge in [-0.15, -0.1) is 0 Å². The molecule has 1 saturated heterocycles. The zero-order chi connectivity index (χ0) is 23.9. The second-order valence-electron chi connectivity index (χ2n) is 8.30. The number of pyridine rings is 1. The third-order valence-corrected chi connectivity index (χ3v) is 5.80. The fourth-order valence-corrected chi connectivity index (χ4v) is 4.14. The number of ether oxygens (including phenoxy) is 1. The molecule has 1 fully saturated rings. The van der Waals surface area contributed by atoms with Crippen molar-refractivity contribution >= 4 is 11.4 Å². The number of aryl methyl sites for hydroxylation is 2. The molecule has 0 N–H and O–H groups in total. The second kappa shape index (κ2) is 8.74. The Morgan fingerprint density at radius 2 is 1.91 bits per heavy atom. The first-order valence-electron chi connectivity index (χ1n) is 10.4. The van der Waals surface area contributed by atoms with Crippen LogP contribution in [-0.4, -0.2) is 45.9 Å². The fraction of sp³-hybridized carbons (Fsp3) is 0.391. The Balaban J connectivity index is 1.59. The third-order valence-electron chi connectivity index (χ3n) is 5.80. The van der Waals surface area contributed by atoms with Gasteiger partial charge in [0.15, 0.2) is 17.2 Å². The van der Waals surface area contributed by atoms with Crippen molar-refractivity contribution in [2.24, 2.45) is 5.92 Å². The Morgan fingerprint density at radius 3 is 2.55 bits per heavy atom. The Morgan fingerprint density at radius 1 is 1.21 bits per heavy atom. The molecule has 33 heavy (non-hydrogen) atoms. The van der Waals surface area contributed by atoms with E-state index in [2.05, 4.69) is 4.98 Å². The van der Waals surface area contributed by atoms with Crippen LogP contribution >= 0.6 is 0 Å². The highest BCUT2D eigenvalue weighted by Crippen LogP contribution is 2.33. The number of hydrogen-bond acceptors (Lipinski definition) is 4. The van der Waals surface area contributed by atoms with Gasteiger partial charge in [-0.2, -0.15) is 13.2 Å². The molecule has 0 bridgehead atoms. The highest BCUT2D eigenvalue weighted by molar-refractivity contribution is 5.98. The smallest absolute Gasteiger partial charge is 0.393 e. The van der Waals surface area contributed by atoms with Gasteiger partial charge in [0.2, 0.25) is 0 Å². The average molecular weight is 467 g/mol. The lowest BCUT2D eigenvalue weighted by Crippen LogP contribution is -2.31. The predicted molar refractivity (Wildman–Crippen MR) is 110 cm³/mol. The summed E-state index contributed by atoms with van der Waals surface area (Å²) in [6, 6.07) is 5.16. The van der Waals surface area contributed by atoms with Crippen molar-refractivity contribution in [1.82, 2.24) is 14.3 Å². The average Bonchev–Trinajstić information content (AvgIpc) is 3.31. The Hall–Kier alpha value is -3.01. The molecule has 5 nitrogen and oxygen atoms in total. The number of rotatable bonds is 6. The number of carbonyl (C=O) groups excluding carboxylic acids is 1. The number of aromatic nitrogens is 2. The number of benzene rings is 1. The lowest BCUT2D eigenvalue weighted by Gasteiger charge is -2.17. The van der Waals surface area contributed by atoms with Crippen LogP contribution in [0.2, 0.25) is 0 Å². The topological polar surface area (TPSA) is 46.8 Å². The van der Waals surface area contributed by atoms with Crippen LogP contribution in [0.15, 0.2) is 30.5 Å². The molecule has 1 aromatic carbocycles. The summed E-state index contributed by atoms with van der Waals surface area (Å²) in [5, 5.41) is 0. The highest BCUT2D eigenvalue weighted by Gasteiger charge is 2.43. The largest absolute Gasteiger partial charge is 0.485 e. The van der Waals surface area contributed by atoms with Crippen molar-refractivity contribution < 1.29 is 31.5 Å². The van der Waals surface area contributed by atoms with Crippen LogP contribution in [0.1, 0.15) is 33.7 Å². The Bertz CT molecular complexity index is 1180. The van der Waals surface area contributed by atoms with Crippen LogP contribution in [0.4, 0.5) is 22.0 Å². The van der Waals surface area contributed by atoms with E-state index in [0.717, 1.165) is 12.1 Å². The number of fused-ring (bicyclic) bond motifs is 1. The van der Waals surface area contributed by atoms with E-state index in [1.165, 1.54) is 15.4 Å². The molecular weight excluding hydrogens is 445 g/mol. The lowest BCUT2D eigenvalue weighted by molar-refractivity contribution is -0.170. The van der Waals surface area contributed by atoms with Gasteiger partial charge in [0.05, 0.1) is 23.7 Å². The van der Waals surface area contributed by atoms with Gasteiger partial charge in [-0.3, -0.25) is 14.1 Å². The number of hydrogen-bond donors (Lipinski definition) is 0. The van der Waals surface area contributed by atoms with Gasteiger partial charge in [-0.1, -0.05) is 6.07 Å². The predicted octanol–water partition coefficient (Wildman–Crippen LogP) is 4.88. The Labute approximate surface area is 186 Å². The highest BCUT2D eigenvalue weighted by atomic mass is 19.4. The summed E-state index contributed by atoms with van der Waals surface area (Å²) in [6.45, 7) is 2.82. The molecule has 1 aliphatic rings. The fourth-order valence-electron chi connectivity index (χ4n) is 4.14. The standard InChI is InChI=1S/C23H22F5N3O2/c1-13-8-20(33-12-16-17(24)4-3-5-18(16)25)22-29-14(2)21(31(22)9-13)19(32)11-30-7-6-15(10-30)23(26,27)28/h3-5,8-9,15H,6-7,10-12H2,1-2H3. The van der Waals surface area contributed by atoms with Gasteiger partial charge < -0.3 is 4.74 Å². The third kappa shape index (κ3) is 4.71. The van der Waals surface area contributed by atoms with Crippen LogP contribution in [-0.2, 0) is 6.61 Å². The number of imidazole rings is 1. The molecule has 4 rings (SSSR count). The number of alkyl halides is 3. The van der Waals surface area contributed by atoms with E-state index in [4.69, 9.17) is 4.74 Å². The van der Waals surface area contributed by atoms with Crippen molar-refractivity contribution in [3.05, 3.63) is 64.6 Å². The zero-order valence-electron chi connectivity index (χ0n) is 18.0. The molecule has 2 aromatic heterocycles. The minimum absolute atomic E-state index is 0.0351. The quantitative estimate of drug-likeness (QED) is 0.383. The first-order chi connectivity index (χ1) is 15.5. The van der Waals surface area contributed by atoms with Gasteiger partial charge in [0.25, 0.3) is 0 Å². The van der Waals surface area contributed by atoms with Crippen molar-refractivity contribution in [2.45, 2.75) is 33.1 Å². The molecule has 3 aromatic rings. The van der Waals surface area contributed by atoms with E-state index >= 15 is 0 Å². The molecule has 0 spiro atoms. The van der Waals surface area contributed by atoms with Gasteiger partial charge >= 0.3 is 6.18 Å². The molecule has 1 unspecified atom stereocenters. The van der Waals surface area contributed by atoms with Crippen molar-refractivity contribution in [2.75, 3.05) is 19.6 Å². The molecular formula is C23H22F5N3O2. The molecule has 0 radical (unpaired) electrons. The van der Waals surface area contributed by atoms with Crippen molar-refractivity contribution in [1.29, 1.82) is 0 Å². The molecule has 0 amide bonds. The molecule has 10 heteroatoms. The number of likely N-dealkylation sites (tertiary alicyclic amines) is 1. The lowest BCUT2D eigenvalue weighted by atomic mass is 10.1. The number of halogens is 5. The molecule has 1 aliphatic heterocycles. The minimum atomic E-state index is -4.28. The van der Waals surface area contributed by atoms with Gasteiger partial charge in [0, 0.05) is 12.7 Å². The number of nitrogens with zero attached hydrogens (tertiary/aromatic N) is 3. The van der Waals surface area contributed by atoms with E-state index in [-0.39, 0.29) is 61.1 Å². The minimum Gasteiger partial charge on any atom is -0.485 e. The summed E-state index contributed by atoms with van der Waals surface area (Å²) in [5.41, 5.74) is 1.39.